The molecule has 0 atom stereocenters. The van der Waals surface area contributed by atoms with Crippen molar-refractivity contribution in [2.45, 2.75) is 55.8 Å². The van der Waals surface area contributed by atoms with Crippen LogP contribution < -0.4 is 5.32 Å². The van der Waals surface area contributed by atoms with Gasteiger partial charge in [0.25, 0.3) is 10.0 Å². The highest BCUT2D eigenvalue weighted by Gasteiger charge is 2.27. The molecule has 0 aliphatic carbocycles. The third-order valence-corrected chi connectivity index (χ3v) is 9.52. The molecule has 3 heterocycles. The molecular formula is C23H31N3O3S2. The van der Waals surface area contributed by atoms with E-state index in [0.29, 0.717) is 23.8 Å². The fraction of sp³-hybridized carbons (Fsp3) is 0.522. The molecule has 6 nitrogen and oxygen atoms in total. The molecule has 1 aromatic carbocycles. The standard InChI is InChI=1S/C23H31N3O3S2/c27-22(24-17-19-8-2-3-9-20(19)18-25-12-6-7-13-25)16-21-10-11-23(30-21)31(28,29)26-14-4-1-5-15-26/h2-3,8-11H,1,4-7,12-18H2,(H,24,27). The molecule has 31 heavy (non-hydrogen) atoms. The van der Waals surface area contributed by atoms with E-state index in [-0.39, 0.29) is 12.3 Å². The average Bonchev–Trinajstić information content (AvgIpc) is 3.46. The molecule has 1 aromatic heterocycles. The first-order valence-electron chi connectivity index (χ1n) is 11.2. The van der Waals surface area contributed by atoms with Crippen LogP contribution in [0.25, 0.3) is 0 Å². The van der Waals surface area contributed by atoms with Gasteiger partial charge in [0, 0.05) is 31.1 Å². The van der Waals surface area contributed by atoms with Crippen LogP contribution in [-0.4, -0.2) is 49.7 Å². The lowest BCUT2D eigenvalue weighted by atomic mass is 10.1. The van der Waals surface area contributed by atoms with Crippen LogP contribution in [0.5, 0.6) is 0 Å². The van der Waals surface area contributed by atoms with Crippen LogP contribution in [0.15, 0.2) is 40.6 Å². The Kier molecular flexibility index (Phi) is 7.43. The van der Waals surface area contributed by atoms with Crippen molar-refractivity contribution >= 4 is 27.3 Å². The van der Waals surface area contributed by atoms with Gasteiger partial charge in [-0.3, -0.25) is 9.69 Å². The fourth-order valence-electron chi connectivity index (χ4n) is 4.30. The van der Waals surface area contributed by atoms with Crippen molar-refractivity contribution in [3.8, 4) is 0 Å². The number of carbonyl (C=O) groups excluding carboxylic acids is 1. The molecule has 0 spiro atoms. The molecule has 2 aliphatic rings. The molecule has 8 heteroatoms. The van der Waals surface area contributed by atoms with Crippen LogP contribution in [0, 0.1) is 0 Å². The molecule has 0 saturated carbocycles. The van der Waals surface area contributed by atoms with Gasteiger partial charge in [-0.1, -0.05) is 30.7 Å². The number of hydrogen-bond acceptors (Lipinski definition) is 5. The Morgan fingerprint density at radius 3 is 2.32 bits per heavy atom. The number of benzene rings is 1. The highest BCUT2D eigenvalue weighted by Crippen LogP contribution is 2.27. The summed E-state index contributed by atoms with van der Waals surface area (Å²) < 4.78 is 27.5. The Hall–Kier alpha value is -1.74. The molecule has 2 aromatic rings. The van der Waals surface area contributed by atoms with Crippen LogP contribution in [0.2, 0.25) is 0 Å². The zero-order valence-corrected chi connectivity index (χ0v) is 19.5. The highest BCUT2D eigenvalue weighted by molar-refractivity contribution is 7.91. The number of amides is 1. The second-order valence-corrected chi connectivity index (χ2v) is 11.7. The van der Waals surface area contributed by atoms with Crippen molar-refractivity contribution in [3.05, 3.63) is 52.4 Å². The molecule has 0 radical (unpaired) electrons. The Morgan fingerprint density at radius 1 is 0.903 bits per heavy atom. The number of thiophene rings is 1. The zero-order chi connectivity index (χ0) is 21.7. The summed E-state index contributed by atoms with van der Waals surface area (Å²) in [4.78, 5) is 15.8. The Labute approximate surface area is 189 Å². The summed E-state index contributed by atoms with van der Waals surface area (Å²) in [5, 5.41) is 3.01. The van der Waals surface area contributed by atoms with E-state index in [1.165, 1.54) is 29.7 Å². The third kappa shape index (κ3) is 5.74. The van der Waals surface area contributed by atoms with Gasteiger partial charge in [0.15, 0.2) is 0 Å². The largest absolute Gasteiger partial charge is 0.352 e. The number of piperidine rings is 1. The number of carbonyl (C=O) groups is 1. The minimum Gasteiger partial charge on any atom is -0.352 e. The number of sulfonamides is 1. The van der Waals surface area contributed by atoms with Gasteiger partial charge in [-0.05, 0) is 62.0 Å². The van der Waals surface area contributed by atoms with E-state index in [9.17, 15) is 13.2 Å². The van der Waals surface area contributed by atoms with E-state index < -0.39 is 10.0 Å². The maximum absolute atomic E-state index is 12.8. The molecule has 2 aliphatic heterocycles. The van der Waals surface area contributed by atoms with Gasteiger partial charge in [0.05, 0.1) is 6.42 Å². The predicted molar refractivity (Wildman–Crippen MR) is 123 cm³/mol. The summed E-state index contributed by atoms with van der Waals surface area (Å²) in [6, 6.07) is 11.7. The van der Waals surface area contributed by atoms with E-state index in [0.717, 1.165) is 49.3 Å². The van der Waals surface area contributed by atoms with E-state index in [4.69, 9.17) is 0 Å². The first kappa shape index (κ1) is 22.5. The normalized spacial score (nSPS) is 18.3. The SMILES string of the molecule is O=C(Cc1ccc(S(=O)(=O)N2CCCCC2)s1)NCc1ccccc1CN1CCCC1. The minimum absolute atomic E-state index is 0.0836. The zero-order valence-electron chi connectivity index (χ0n) is 17.9. The lowest BCUT2D eigenvalue weighted by Gasteiger charge is -2.25. The summed E-state index contributed by atoms with van der Waals surface area (Å²) in [5.74, 6) is -0.0836. The van der Waals surface area contributed by atoms with E-state index in [2.05, 4.69) is 22.3 Å². The van der Waals surface area contributed by atoms with Gasteiger partial charge in [0.2, 0.25) is 5.91 Å². The maximum Gasteiger partial charge on any atom is 0.252 e. The minimum atomic E-state index is -3.43. The van der Waals surface area contributed by atoms with Crippen molar-refractivity contribution in [1.82, 2.24) is 14.5 Å². The number of nitrogens with one attached hydrogen (secondary N) is 1. The number of rotatable bonds is 8. The molecule has 168 valence electrons. The Balaban J connectivity index is 1.33. The number of likely N-dealkylation sites (tertiary alicyclic amines) is 1. The molecule has 1 N–H and O–H groups in total. The van der Waals surface area contributed by atoms with E-state index >= 15 is 0 Å². The van der Waals surface area contributed by atoms with Crippen molar-refractivity contribution in [1.29, 1.82) is 0 Å². The third-order valence-electron chi connectivity index (χ3n) is 6.07. The summed E-state index contributed by atoms with van der Waals surface area (Å²) >= 11 is 1.21. The van der Waals surface area contributed by atoms with Crippen molar-refractivity contribution < 1.29 is 13.2 Å². The Morgan fingerprint density at radius 2 is 1.58 bits per heavy atom. The summed E-state index contributed by atoms with van der Waals surface area (Å²) in [5.41, 5.74) is 2.40. The Bertz CT molecular complexity index is 991. The van der Waals surface area contributed by atoms with Crippen LogP contribution in [0.3, 0.4) is 0 Å². The molecule has 0 bridgehead atoms. The van der Waals surface area contributed by atoms with Gasteiger partial charge >= 0.3 is 0 Å². The van der Waals surface area contributed by atoms with Gasteiger partial charge in [-0.15, -0.1) is 11.3 Å². The topological polar surface area (TPSA) is 69.7 Å². The first-order chi connectivity index (χ1) is 15.0. The van der Waals surface area contributed by atoms with Crippen molar-refractivity contribution in [3.63, 3.8) is 0 Å². The van der Waals surface area contributed by atoms with E-state index in [1.807, 2.05) is 12.1 Å². The lowest BCUT2D eigenvalue weighted by molar-refractivity contribution is -0.120. The lowest BCUT2D eigenvalue weighted by Crippen LogP contribution is -2.35. The summed E-state index contributed by atoms with van der Waals surface area (Å²) in [6.45, 7) is 4.88. The number of hydrogen-bond donors (Lipinski definition) is 1. The van der Waals surface area contributed by atoms with Crippen LogP contribution in [0.1, 0.15) is 48.1 Å². The van der Waals surface area contributed by atoms with Crippen LogP contribution in [0.4, 0.5) is 0 Å². The first-order valence-corrected chi connectivity index (χ1v) is 13.4. The highest BCUT2D eigenvalue weighted by atomic mass is 32.2. The van der Waals surface area contributed by atoms with Crippen LogP contribution in [-0.2, 0) is 34.3 Å². The molecule has 0 unspecified atom stereocenters. The molecular weight excluding hydrogens is 430 g/mol. The smallest absolute Gasteiger partial charge is 0.252 e. The van der Waals surface area contributed by atoms with Gasteiger partial charge in [-0.2, -0.15) is 4.31 Å². The van der Waals surface area contributed by atoms with Gasteiger partial charge in [-0.25, -0.2) is 8.42 Å². The molecule has 4 rings (SSSR count). The fourth-order valence-corrected chi connectivity index (χ4v) is 7.33. The van der Waals surface area contributed by atoms with Gasteiger partial charge < -0.3 is 5.32 Å². The number of nitrogens with zero attached hydrogens (tertiary/aromatic N) is 2. The van der Waals surface area contributed by atoms with Crippen molar-refractivity contribution in [2.24, 2.45) is 0 Å². The summed E-state index contributed by atoms with van der Waals surface area (Å²) in [6.07, 6.45) is 5.64. The maximum atomic E-state index is 12.8. The molecule has 2 saturated heterocycles. The predicted octanol–water partition coefficient (Wildman–Crippen LogP) is 3.38. The van der Waals surface area contributed by atoms with Crippen molar-refractivity contribution in [2.75, 3.05) is 26.2 Å². The summed E-state index contributed by atoms with van der Waals surface area (Å²) in [7, 11) is -3.43. The van der Waals surface area contributed by atoms with Gasteiger partial charge in [0.1, 0.15) is 4.21 Å². The molecule has 2 fully saturated rings. The second-order valence-electron chi connectivity index (χ2n) is 8.39. The quantitative estimate of drug-likeness (QED) is 0.654. The van der Waals surface area contributed by atoms with Crippen LogP contribution >= 0.6 is 11.3 Å². The second kappa shape index (κ2) is 10.3. The molecule has 1 amide bonds. The monoisotopic (exact) mass is 461 g/mol. The average molecular weight is 462 g/mol. The van der Waals surface area contributed by atoms with E-state index in [1.54, 1.807) is 16.4 Å².